The number of carbonyl (C=O) groups excluding carboxylic acids is 1. The first kappa shape index (κ1) is 13.8. The smallest absolute Gasteiger partial charge is 0.212 e. The molecule has 3 heterocycles. The van der Waals surface area contributed by atoms with Crippen molar-refractivity contribution in [2.75, 3.05) is 0 Å². The van der Waals surface area contributed by atoms with Crippen molar-refractivity contribution in [1.82, 2.24) is 9.97 Å². The molecule has 3 nitrogen and oxygen atoms in total. The molecule has 110 valence electrons. The van der Waals surface area contributed by atoms with Crippen molar-refractivity contribution < 1.29 is 4.79 Å². The van der Waals surface area contributed by atoms with Gasteiger partial charge in [0.15, 0.2) is 0 Å². The molecule has 0 aliphatic rings. The van der Waals surface area contributed by atoms with Gasteiger partial charge in [-0.05, 0) is 35.7 Å². The van der Waals surface area contributed by atoms with Gasteiger partial charge in [0.05, 0.1) is 16.1 Å². The second kappa shape index (κ2) is 5.74. The van der Waals surface area contributed by atoms with E-state index in [0.717, 1.165) is 21.5 Å². The molecule has 4 heteroatoms. The fraction of sp³-hybridized carbons (Fsp3) is 0. The van der Waals surface area contributed by atoms with Gasteiger partial charge < -0.3 is 0 Å². The van der Waals surface area contributed by atoms with Crippen molar-refractivity contribution in [3.8, 4) is 10.6 Å². The van der Waals surface area contributed by atoms with Crippen LogP contribution in [-0.4, -0.2) is 15.8 Å². The van der Waals surface area contributed by atoms with E-state index >= 15 is 0 Å². The maximum atomic E-state index is 12.9. The third kappa shape index (κ3) is 2.53. The molecule has 0 saturated heterocycles. The van der Waals surface area contributed by atoms with Crippen LogP contribution in [0.25, 0.3) is 21.5 Å². The summed E-state index contributed by atoms with van der Waals surface area (Å²) in [6.07, 6.45) is 1.64. The Morgan fingerprint density at radius 2 is 1.83 bits per heavy atom. The van der Waals surface area contributed by atoms with Gasteiger partial charge in [-0.25, -0.2) is 4.98 Å². The summed E-state index contributed by atoms with van der Waals surface area (Å²) < 4.78 is 0. The van der Waals surface area contributed by atoms with Crippen molar-refractivity contribution in [2.24, 2.45) is 0 Å². The van der Waals surface area contributed by atoms with Crippen LogP contribution in [0.2, 0.25) is 0 Å². The Kier molecular flexibility index (Phi) is 3.44. The van der Waals surface area contributed by atoms with Crippen molar-refractivity contribution >= 4 is 28.0 Å². The first-order chi connectivity index (χ1) is 11.3. The third-order valence-corrected chi connectivity index (χ3v) is 4.52. The van der Waals surface area contributed by atoms with Crippen molar-refractivity contribution in [2.45, 2.75) is 0 Å². The number of benzene rings is 1. The van der Waals surface area contributed by atoms with Crippen LogP contribution >= 0.6 is 11.3 Å². The van der Waals surface area contributed by atoms with E-state index in [1.54, 1.807) is 29.7 Å². The van der Waals surface area contributed by atoms with E-state index in [0.29, 0.717) is 11.3 Å². The molecule has 0 atom stereocenters. The Labute approximate surface area is 137 Å². The van der Waals surface area contributed by atoms with Gasteiger partial charge in [-0.2, -0.15) is 0 Å². The average molecular weight is 316 g/mol. The molecular weight excluding hydrogens is 304 g/mol. The van der Waals surface area contributed by atoms with Crippen LogP contribution in [-0.2, 0) is 0 Å². The molecule has 23 heavy (non-hydrogen) atoms. The molecule has 4 aromatic rings. The molecule has 0 saturated carbocycles. The molecule has 0 fully saturated rings. The SMILES string of the molecule is O=C(c1ccccn1)c1cc(-c2cccs2)nc2ccccc12. The van der Waals surface area contributed by atoms with Gasteiger partial charge >= 0.3 is 0 Å². The van der Waals surface area contributed by atoms with Gasteiger partial charge in [-0.15, -0.1) is 11.3 Å². The fourth-order valence-corrected chi connectivity index (χ4v) is 3.24. The van der Waals surface area contributed by atoms with Gasteiger partial charge in [0.25, 0.3) is 0 Å². The number of carbonyl (C=O) groups is 1. The topological polar surface area (TPSA) is 42.9 Å². The number of fused-ring (bicyclic) bond motifs is 1. The zero-order valence-corrected chi connectivity index (χ0v) is 13.0. The van der Waals surface area contributed by atoms with Gasteiger partial charge in [0.2, 0.25) is 5.78 Å². The first-order valence-corrected chi connectivity index (χ1v) is 8.10. The molecule has 0 radical (unpaired) electrons. The molecular formula is C19H12N2OS. The Bertz CT molecular complexity index is 979. The molecule has 0 amide bonds. The van der Waals surface area contributed by atoms with Gasteiger partial charge in [-0.1, -0.05) is 30.3 Å². The molecule has 1 aromatic carbocycles. The number of thiophene rings is 1. The highest BCUT2D eigenvalue weighted by molar-refractivity contribution is 7.13. The lowest BCUT2D eigenvalue weighted by molar-refractivity contribution is 0.103. The standard InChI is InChI=1S/C19H12N2OS/c22-19(16-8-3-4-10-20-16)14-12-17(18-9-5-11-23-18)21-15-7-2-1-6-13(14)15/h1-12H. The number of pyridine rings is 2. The highest BCUT2D eigenvalue weighted by Crippen LogP contribution is 2.28. The number of aromatic nitrogens is 2. The highest BCUT2D eigenvalue weighted by Gasteiger charge is 2.16. The number of ketones is 1. The summed E-state index contributed by atoms with van der Waals surface area (Å²) in [4.78, 5) is 22.8. The van der Waals surface area contributed by atoms with Crippen LogP contribution in [0, 0.1) is 0 Å². The lowest BCUT2D eigenvalue weighted by Crippen LogP contribution is -2.05. The first-order valence-electron chi connectivity index (χ1n) is 7.22. The summed E-state index contributed by atoms with van der Waals surface area (Å²) in [6, 6.07) is 18.9. The molecule has 0 N–H and O–H groups in total. The summed E-state index contributed by atoms with van der Waals surface area (Å²) >= 11 is 1.61. The van der Waals surface area contributed by atoms with Gasteiger partial charge in [0.1, 0.15) is 5.69 Å². The van der Waals surface area contributed by atoms with Crippen LogP contribution in [0.5, 0.6) is 0 Å². The average Bonchev–Trinajstić information content (AvgIpc) is 3.15. The Hall–Kier alpha value is -2.85. The largest absolute Gasteiger partial charge is 0.287 e. The van der Waals surface area contributed by atoms with E-state index in [4.69, 9.17) is 4.98 Å². The Morgan fingerprint density at radius 1 is 0.957 bits per heavy atom. The van der Waals surface area contributed by atoms with Crippen LogP contribution in [0.3, 0.4) is 0 Å². The van der Waals surface area contributed by atoms with Crippen LogP contribution in [0.4, 0.5) is 0 Å². The predicted octanol–water partition coefficient (Wildman–Crippen LogP) is 4.59. The molecule has 3 aromatic heterocycles. The Balaban J connectivity index is 1.96. The van der Waals surface area contributed by atoms with Crippen molar-refractivity contribution in [3.05, 3.63) is 83.5 Å². The second-order valence-electron chi connectivity index (χ2n) is 5.09. The van der Waals surface area contributed by atoms with Gasteiger partial charge in [-0.3, -0.25) is 9.78 Å². The number of rotatable bonds is 3. The maximum absolute atomic E-state index is 12.9. The summed E-state index contributed by atoms with van der Waals surface area (Å²) in [5, 5.41) is 2.86. The fourth-order valence-electron chi connectivity index (χ4n) is 2.55. The van der Waals surface area contributed by atoms with E-state index in [2.05, 4.69) is 4.98 Å². The van der Waals surface area contributed by atoms with Crippen molar-refractivity contribution in [3.63, 3.8) is 0 Å². The number of para-hydroxylation sites is 1. The van der Waals surface area contributed by atoms with Crippen LogP contribution in [0.1, 0.15) is 16.1 Å². The molecule has 0 spiro atoms. The molecule has 0 unspecified atom stereocenters. The normalized spacial score (nSPS) is 10.8. The molecule has 0 aliphatic carbocycles. The van der Waals surface area contributed by atoms with Crippen LogP contribution < -0.4 is 0 Å². The van der Waals surface area contributed by atoms with E-state index in [-0.39, 0.29) is 5.78 Å². The number of hydrogen-bond donors (Lipinski definition) is 0. The summed E-state index contributed by atoms with van der Waals surface area (Å²) in [5.74, 6) is -0.0815. The Morgan fingerprint density at radius 3 is 2.61 bits per heavy atom. The maximum Gasteiger partial charge on any atom is 0.212 e. The van der Waals surface area contributed by atoms with E-state index < -0.39 is 0 Å². The van der Waals surface area contributed by atoms with E-state index in [1.807, 2.05) is 53.9 Å². The lowest BCUT2D eigenvalue weighted by Gasteiger charge is -2.08. The minimum Gasteiger partial charge on any atom is -0.287 e. The van der Waals surface area contributed by atoms with E-state index in [9.17, 15) is 4.79 Å². The minimum atomic E-state index is -0.0815. The number of nitrogens with zero attached hydrogens (tertiary/aromatic N) is 2. The zero-order valence-electron chi connectivity index (χ0n) is 12.1. The summed E-state index contributed by atoms with van der Waals surface area (Å²) in [6.45, 7) is 0. The molecule has 0 aliphatic heterocycles. The quantitative estimate of drug-likeness (QED) is 0.519. The predicted molar refractivity (Wildman–Crippen MR) is 92.7 cm³/mol. The lowest BCUT2D eigenvalue weighted by atomic mass is 10.0. The molecule has 0 bridgehead atoms. The monoisotopic (exact) mass is 316 g/mol. The summed E-state index contributed by atoms with van der Waals surface area (Å²) in [7, 11) is 0. The van der Waals surface area contributed by atoms with Crippen molar-refractivity contribution in [1.29, 1.82) is 0 Å². The van der Waals surface area contributed by atoms with E-state index in [1.165, 1.54) is 0 Å². The highest BCUT2D eigenvalue weighted by atomic mass is 32.1. The summed E-state index contributed by atoms with van der Waals surface area (Å²) in [5.41, 5.74) is 2.72. The van der Waals surface area contributed by atoms with Crippen LogP contribution in [0.15, 0.2) is 72.2 Å². The third-order valence-electron chi connectivity index (χ3n) is 3.63. The minimum absolute atomic E-state index is 0.0815. The number of hydrogen-bond acceptors (Lipinski definition) is 4. The molecule has 4 rings (SSSR count). The van der Waals surface area contributed by atoms with Gasteiger partial charge in [0, 0.05) is 17.1 Å². The second-order valence-corrected chi connectivity index (χ2v) is 6.04. The zero-order chi connectivity index (χ0) is 15.6.